The van der Waals surface area contributed by atoms with Crippen molar-refractivity contribution < 1.29 is 18.0 Å². The smallest absolute Gasteiger partial charge is 0.321 e. The lowest BCUT2D eigenvalue weighted by Gasteiger charge is -2.07. The van der Waals surface area contributed by atoms with Crippen molar-refractivity contribution in [3.63, 3.8) is 0 Å². The Morgan fingerprint density at radius 2 is 1.91 bits per heavy atom. The number of hydrogen-bond donors (Lipinski definition) is 1. The van der Waals surface area contributed by atoms with Gasteiger partial charge < -0.3 is 5.32 Å². The average molecular weight is 384 g/mol. The van der Waals surface area contributed by atoms with Crippen LogP contribution < -0.4 is 5.32 Å². The minimum absolute atomic E-state index is 0.304. The zero-order chi connectivity index (χ0) is 17.0. The molecule has 0 heterocycles. The third kappa shape index (κ3) is 4.96. The molecule has 0 aliphatic rings. The Labute approximate surface area is 140 Å². The molecule has 0 aliphatic carbocycles. The van der Waals surface area contributed by atoms with E-state index in [0.717, 1.165) is 22.2 Å². The normalized spacial score (nSPS) is 11.7. The van der Waals surface area contributed by atoms with E-state index in [1.807, 2.05) is 19.1 Å². The summed E-state index contributed by atoms with van der Waals surface area (Å²) in [7, 11) is 0. The molecule has 0 spiro atoms. The molecule has 0 atom stereocenters. The summed E-state index contributed by atoms with van der Waals surface area (Å²) < 4.78 is 38.6. The fraction of sp³-hybridized carbons (Fsp3) is 0.118. The number of halogens is 4. The van der Waals surface area contributed by atoms with Crippen molar-refractivity contribution in [2.24, 2.45) is 0 Å². The van der Waals surface area contributed by atoms with Gasteiger partial charge in [-0.2, -0.15) is 13.2 Å². The van der Waals surface area contributed by atoms with E-state index >= 15 is 0 Å². The van der Waals surface area contributed by atoms with Crippen LogP contribution in [-0.4, -0.2) is 5.91 Å². The molecule has 2 aromatic carbocycles. The Morgan fingerprint density at radius 1 is 1.17 bits per heavy atom. The van der Waals surface area contributed by atoms with E-state index in [9.17, 15) is 18.0 Å². The molecule has 2 rings (SSSR count). The first-order valence-electron chi connectivity index (χ1n) is 6.68. The van der Waals surface area contributed by atoms with Gasteiger partial charge in [0.05, 0.1) is 11.3 Å². The number of carbonyl (C=O) groups is 1. The van der Waals surface area contributed by atoms with Crippen molar-refractivity contribution >= 4 is 33.6 Å². The van der Waals surface area contributed by atoms with Crippen molar-refractivity contribution in [2.75, 3.05) is 5.32 Å². The van der Waals surface area contributed by atoms with Gasteiger partial charge in [0.15, 0.2) is 0 Å². The van der Waals surface area contributed by atoms with Gasteiger partial charge in [-0.1, -0.05) is 18.2 Å². The molecule has 0 bridgehead atoms. The molecule has 0 fully saturated rings. The van der Waals surface area contributed by atoms with Crippen LogP contribution in [0.1, 0.15) is 16.7 Å². The van der Waals surface area contributed by atoms with E-state index in [2.05, 4.69) is 21.2 Å². The number of aryl methyl sites for hydroxylation is 1. The molecule has 0 aliphatic heterocycles. The molecular weight excluding hydrogens is 371 g/mol. The molecule has 23 heavy (non-hydrogen) atoms. The van der Waals surface area contributed by atoms with Gasteiger partial charge in [-0.3, -0.25) is 4.79 Å². The SMILES string of the molecule is Cc1ccc(NC(=O)/C=C/c2cccc(C(F)(F)F)c2)c(Br)c1. The highest BCUT2D eigenvalue weighted by Crippen LogP contribution is 2.29. The maximum Gasteiger partial charge on any atom is 0.416 e. The van der Waals surface area contributed by atoms with Gasteiger partial charge in [-0.05, 0) is 64.3 Å². The van der Waals surface area contributed by atoms with Crippen molar-refractivity contribution in [1.82, 2.24) is 0 Å². The molecule has 0 aromatic heterocycles. The van der Waals surface area contributed by atoms with Crippen LogP contribution in [0.3, 0.4) is 0 Å². The largest absolute Gasteiger partial charge is 0.416 e. The summed E-state index contributed by atoms with van der Waals surface area (Å²) in [6, 6.07) is 10.2. The number of rotatable bonds is 3. The maximum absolute atomic E-state index is 12.6. The maximum atomic E-state index is 12.6. The Kier molecular flexibility index (Phi) is 5.26. The summed E-state index contributed by atoms with van der Waals surface area (Å²) in [4.78, 5) is 11.9. The van der Waals surface area contributed by atoms with E-state index in [1.165, 1.54) is 24.3 Å². The molecule has 2 nitrogen and oxygen atoms in total. The third-order valence-electron chi connectivity index (χ3n) is 3.02. The number of nitrogens with one attached hydrogen (secondary N) is 1. The predicted molar refractivity (Wildman–Crippen MR) is 88.0 cm³/mol. The minimum Gasteiger partial charge on any atom is -0.321 e. The van der Waals surface area contributed by atoms with E-state index in [1.54, 1.807) is 6.07 Å². The molecule has 0 unspecified atom stereocenters. The monoisotopic (exact) mass is 383 g/mol. The van der Waals surface area contributed by atoms with E-state index < -0.39 is 17.6 Å². The number of anilines is 1. The van der Waals surface area contributed by atoms with Gasteiger partial charge in [0.25, 0.3) is 0 Å². The Hall–Kier alpha value is -2.08. The summed E-state index contributed by atoms with van der Waals surface area (Å²) in [6.07, 6.45) is -1.87. The van der Waals surface area contributed by atoms with Crippen LogP contribution >= 0.6 is 15.9 Å². The molecule has 0 saturated carbocycles. The molecule has 2 aromatic rings. The van der Waals surface area contributed by atoms with E-state index in [-0.39, 0.29) is 0 Å². The quantitative estimate of drug-likeness (QED) is 0.703. The standard InChI is InChI=1S/C17H13BrF3NO/c1-11-5-7-15(14(18)9-11)22-16(23)8-6-12-3-2-4-13(10-12)17(19,20)21/h2-10H,1H3,(H,22,23)/b8-6+. The summed E-state index contributed by atoms with van der Waals surface area (Å²) in [5.41, 5.74) is 1.18. The van der Waals surface area contributed by atoms with Crippen LogP contribution in [0.4, 0.5) is 18.9 Å². The first-order chi connectivity index (χ1) is 10.8. The lowest BCUT2D eigenvalue weighted by Crippen LogP contribution is -2.08. The lowest BCUT2D eigenvalue weighted by atomic mass is 10.1. The summed E-state index contributed by atoms with van der Waals surface area (Å²) in [5, 5.41) is 2.66. The molecule has 0 radical (unpaired) electrons. The predicted octanol–water partition coefficient (Wildman–Crippen LogP) is 5.43. The van der Waals surface area contributed by atoms with Gasteiger partial charge in [-0.25, -0.2) is 0 Å². The van der Waals surface area contributed by atoms with E-state index in [0.29, 0.717) is 11.3 Å². The molecule has 1 amide bonds. The van der Waals surface area contributed by atoms with Crippen molar-refractivity contribution in [3.05, 3.63) is 69.7 Å². The number of benzene rings is 2. The Morgan fingerprint density at radius 3 is 2.57 bits per heavy atom. The van der Waals surface area contributed by atoms with Crippen LogP contribution in [0.2, 0.25) is 0 Å². The number of amides is 1. The average Bonchev–Trinajstić information content (AvgIpc) is 2.47. The van der Waals surface area contributed by atoms with Gasteiger partial charge in [0.2, 0.25) is 5.91 Å². The van der Waals surface area contributed by atoms with E-state index in [4.69, 9.17) is 0 Å². The first-order valence-corrected chi connectivity index (χ1v) is 7.47. The topological polar surface area (TPSA) is 29.1 Å². The summed E-state index contributed by atoms with van der Waals surface area (Å²) >= 11 is 3.34. The van der Waals surface area contributed by atoms with Gasteiger partial charge >= 0.3 is 6.18 Å². The third-order valence-corrected chi connectivity index (χ3v) is 3.68. The molecular formula is C17H13BrF3NO. The minimum atomic E-state index is -4.40. The molecule has 120 valence electrons. The molecule has 6 heteroatoms. The summed E-state index contributed by atoms with van der Waals surface area (Å²) in [6.45, 7) is 1.92. The molecule has 0 saturated heterocycles. The zero-order valence-corrected chi connectivity index (χ0v) is 13.7. The van der Waals surface area contributed by atoms with Crippen molar-refractivity contribution in [2.45, 2.75) is 13.1 Å². The van der Waals surface area contributed by atoms with Gasteiger partial charge in [-0.15, -0.1) is 0 Å². The second-order valence-corrected chi connectivity index (χ2v) is 5.78. The fourth-order valence-electron chi connectivity index (χ4n) is 1.89. The first kappa shape index (κ1) is 17.3. The van der Waals surface area contributed by atoms with Crippen LogP contribution in [0.5, 0.6) is 0 Å². The zero-order valence-electron chi connectivity index (χ0n) is 12.1. The Balaban J connectivity index is 2.09. The second kappa shape index (κ2) is 7.00. The second-order valence-electron chi connectivity index (χ2n) is 4.93. The fourth-order valence-corrected chi connectivity index (χ4v) is 2.48. The van der Waals surface area contributed by atoms with Crippen LogP contribution in [-0.2, 0) is 11.0 Å². The van der Waals surface area contributed by atoms with Crippen molar-refractivity contribution in [1.29, 1.82) is 0 Å². The Bertz CT molecular complexity index is 754. The van der Waals surface area contributed by atoms with Crippen LogP contribution in [0.15, 0.2) is 53.0 Å². The lowest BCUT2D eigenvalue weighted by molar-refractivity contribution is -0.137. The van der Waals surface area contributed by atoms with Crippen LogP contribution in [0.25, 0.3) is 6.08 Å². The van der Waals surface area contributed by atoms with Crippen molar-refractivity contribution in [3.8, 4) is 0 Å². The van der Waals surface area contributed by atoms with Gasteiger partial charge in [0.1, 0.15) is 0 Å². The van der Waals surface area contributed by atoms with Crippen LogP contribution in [0, 0.1) is 6.92 Å². The molecule has 1 N–H and O–H groups in total. The van der Waals surface area contributed by atoms with Gasteiger partial charge in [0, 0.05) is 10.5 Å². The highest BCUT2D eigenvalue weighted by molar-refractivity contribution is 9.10. The number of carbonyl (C=O) groups excluding carboxylic acids is 1. The highest BCUT2D eigenvalue weighted by Gasteiger charge is 2.30. The highest BCUT2D eigenvalue weighted by atomic mass is 79.9. The number of alkyl halides is 3. The number of hydrogen-bond acceptors (Lipinski definition) is 1. The summed E-state index contributed by atoms with van der Waals surface area (Å²) in [5.74, 6) is -0.424.